The smallest absolute Gasteiger partial charge is 0.180 e. The van der Waals surface area contributed by atoms with Gasteiger partial charge in [-0.15, -0.1) is 0 Å². The first-order valence-electron chi connectivity index (χ1n) is 4.80. The maximum Gasteiger partial charge on any atom is 0.180 e. The van der Waals surface area contributed by atoms with Crippen molar-refractivity contribution in [2.24, 2.45) is 0 Å². The summed E-state index contributed by atoms with van der Waals surface area (Å²) in [6, 6.07) is 9.93. The van der Waals surface area contributed by atoms with Crippen LogP contribution in [0.2, 0.25) is 0 Å². The Balaban J connectivity index is 2.54. The molecule has 76 valence electrons. The molecule has 1 aromatic carbocycles. The van der Waals surface area contributed by atoms with E-state index in [0.29, 0.717) is 5.57 Å². The van der Waals surface area contributed by atoms with E-state index in [9.17, 15) is 4.79 Å². The van der Waals surface area contributed by atoms with Gasteiger partial charge in [0, 0.05) is 0 Å². The molecule has 0 aromatic heterocycles. The Morgan fingerprint density at radius 3 is 2.47 bits per heavy atom. The fourth-order valence-electron chi connectivity index (χ4n) is 1.02. The van der Waals surface area contributed by atoms with Crippen molar-refractivity contribution in [2.45, 2.75) is 6.92 Å². The minimum Gasteiger partial charge on any atom is -0.290 e. The van der Waals surface area contributed by atoms with Gasteiger partial charge in [-0.3, -0.25) is 4.79 Å². The second-order valence-corrected chi connectivity index (χ2v) is 3.27. The molecule has 0 atom stereocenters. The van der Waals surface area contributed by atoms with E-state index >= 15 is 0 Å². The lowest BCUT2D eigenvalue weighted by Crippen LogP contribution is -1.90. The average molecular weight is 198 g/mol. The lowest BCUT2D eigenvalue weighted by molar-refractivity contribution is -0.111. The second kappa shape index (κ2) is 5.76. The predicted octanol–water partition coefficient (Wildman–Crippen LogP) is 3.40. The van der Waals surface area contributed by atoms with Crippen LogP contribution in [0.15, 0.2) is 60.7 Å². The molecule has 0 saturated carbocycles. The fraction of sp³-hybridized carbons (Fsp3) is 0.0714. The number of carbonyl (C=O) groups excluding carboxylic acids is 1. The maximum absolute atomic E-state index is 11.1. The van der Waals surface area contributed by atoms with Crippen LogP contribution in [0.3, 0.4) is 0 Å². The van der Waals surface area contributed by atoms with Crippen LogP contribution in [0.5, 0.6) is 0 Å². The SMILES string of the molecule is C=C(C)C(=O)/C=C/C=C/c1ccccc1. The van der Waals surface area contributed by atoms with E-state index in [4.69, 9.17) is 0 Å². The van der Waals surface area contributed by atoms with E-state index < -0.39 is 0 Å². The second-order valence-electron chi connectivity index (χ2n) is 3.27. The Hall–Kier alpha value is -1.89. The van der Waals surface area contributed by atoms with Crippen LogP contribution in [0.4, 0.5) is 0 Å². The molecule has 1 aromatic rings. The first kappa shape index (κ1) is 11.2. The van der Waals surface area contributed by atoms with Crippen molar-refractivity contribution in [3.05, 3.63) is 66.3 Å². The molecular formula is C14H14O. The van der Waals surface area contributed by atoms with Gasteiger partial charge in [0.15, 0.2) is 5.78 Å². The molecule has 0 N–H and O–H groups in total. The number of hydrogen-bond acceptors (Lipinski definition) is 1. The number of carbonyl (C=O) groups is 1. The zero-order valence-electron chi connectivity index (χ0n) is 8.81. The third-order valence-electron chi connectivity index (χ3n) is 1.87. The van der Waals surface area contributed by atoms with Gasteiger partial charge >= 0.3 is 0 Å². The van der Waals surface area contributed by atoms with E-state index in [0.717, 1.165) is 5.56 Å². The summed E-state index contributed by atoms with van der Waals surface area (Å²) in [4.78, 5) is 11.1. The Labute approximate surface area is 90.4 Å². The first-order chi connectivity index (χ1) is 7.20. The molecule has 0 aliphatic heterocycles. The van der Waals surface area contributed by atoms with Gasteiger partial charge < -0.3 is 0 Å². The molecule has 1 nitrogen and oxygen atoms in total. The minimum absolute atomic E-state index is 0.0345. The molecule has 0 aliphatic rings. The Kier molecular flexibility index (Phi) is 4.30. The first-order valence-corrected chi connectivity index (χ1v) is 4.80. The number of allylic oxidation sites excluding steroid dienone is 4. The van der Waals surface area contributed by atoms with Crippen LogP contribution in [-0.2, 0) is 4.79 Å². The van der Waals surface area contributed by atoms with Gasteiger partial charge in [-0.05, 0) is 24.1 Å². The Morgan fingerprint density at radius 1 is 1.20 bits per heavy atom. The standard InChI is InChI=1S/C14H14O/c1-12(2)14(15)11-7-6-10-13-8-4-3-5-9-13/h3-11H,1H2,2H3/b10-6+,11-7+. The summed E-state index contributed by atoms with van der Waals surface area (Å²) in [6.45, 7) is 5.27. The Morgan fingerprint density at radius 2 is 1.87 bits per heavy atom. The van der Waals surface area contributed by atoms with Crippen LogP contribution >= 0.6 is 0 Å². The molecule has 0 spiro atoms. The van der Waals surface area contributed by atoms with Crippen molar-refractivity contribution in [2.75, 3.05) is 0 Å². The van der Waals surface area contributed by atoms with Crippen molar-refractivity contribution in [3.63, 3.8) is 0 Å². The third kappa shape index (κ3) is 4.23. The van der Waals surface area contributed by atoms with Crippen LogP contribution in [0, 0.1) is 0 Å². The number of ketones is 1. The molecule has 0 aliphatic carbocycles. The molecule has 0 bridgehead atoms. The molecule has 0 heterocycles. The minimum atomic E-state index is -0.0345. The molecule has 15 heavy (non-hydrogen) atoms. The molecule has 0 amide bonds. The molecule has 0 saturated heterocycles. The van der Waals surface area contributed by atoms with Crippen LogP contribution in [0.1, 0.15) is 12.5 Å². The largest absolute Gasteiger partial charge is 0.290 e. The molecule has 0 unspecified atom stereocenters. The highest BCUT2D eigenvalue weighted by Crippen LogP contribution is 2.01. The Bertz CT molecular complexity index is 397. The average Bonchev–Trinajstić information content (AvgIpc) is 2.25. The molecular weight excluding hydrogens is 184 g/mol. The van der Waals surface area contributed by atoms with Crippen LogP contribution in [0.25, 0.3) is 6.08 Å². The molecule has 1 rings (SSSR count). The summed E-state index contributed by atoms with van der Waals surface area (Å²) in [5, 5.41) is 0. The van der Waals surface area contributed by atoms with Gasteiger partial charge in [0.25, 0.3) is 0 Å². The van der Waals surface area contributed by atoms with Crippen LogP contribution in [-0.4, -0.2) is 5.78 Å². The zero-order valence-corrected chi connectivity index (χ0v) is 8.81. The summed E-state index contributed by atoms with van der Waals surface area (Å²) in [5.41, 5.74) is 1.67. The molecule has 0 radical (unpaired) electrons. The monoisotopic (exact) mass is 198 g/mol. The van der Waals surface area contributed by atoms with E-state index in [2.05, 4.69) is 6.58 Å². The number of rotatable bonds is 4. The van der Waals surface area contributed by atoms with Gasteiger partial charge in [0.2, 0.25) is 0 Å². The summed E-state index contributed by atoms with van der Waals surface area (Å²) in [7, 11) is 0. The van der Waals surface area contributed by atoms with Gasteiger partial charge in [0.05, 0.1) is 0 Å². The highest BCUT2D eigenvalue weighted by atomic mass is 16.1. The summed E-state index contributed by atoms with van der Waals surface area (Å²) in [5.74, 6) is -0.0345. The summed E-state index contributed by atoms with van der Waals surface area (Å²) >= 11 is 0. The number of benzene rings is 1. The van der Waals surface area contributed by atoms with E-state index in [1.807, 2.05) is 42.5 Å². The third-order valence-corrected chi connectivity index (χ3v) is 1.87. The quantitative estimate of drug-likeness (QED) is 0.535. The summed E-state index contributed by atoms with van der Waals surface area (Å²) < 4.78 is 0. The van der Waals surface area contributed by atoms with Gasteiger partial charge in [-0.25, -0.2) is 0 Å². The van der Waals surface area contributed by atoms with Crippen molar-refractivity contribution in [3.8, 4) is 0 Å². The lowest BCUT2D eigenvalue weighted by Gasteiger charge is -1.89. The molecule has 1 heteroatoms. The van der Waals surface area contributed by atoms with Crippen molar-refractivity contribution in [1.82, 2.24) is 0 Å². The maximum atomic E-state index is 11.1. The van der Waals surface area contributed by atoms with E-state index in [1.54, 1.807) is 13.0 Å². The van der Waals surface area contributed by atoms with E-state index in [1.165, 1.54) is 6.08 Å². The topological polar surface area (TPSA) is 17.1 Å². The van der Waals surface area contributed by atoms with Crippen molar-refractivity contribution in [1.29, 1.82) is 0 Å². The zero-order chi connectivity index (χ0) is 11.1. The highest BCUT2D eigenvalue weighted by molar-refractivity contribution is 6.03. The number of hydrogen-bond donors (Lipinski definition) is 0. The lowest BCUT2D eigenvalue weighted by atomic mass is 10.2. The van der Waals surface area contributed by atoms with Crippen LogP contribution < -0.4 is 0 Å². The van der Waals surface area contributed by atoms with Gasteiger partial charge in [-0.2, -0.15) is 0 Å². The normalized spacial score (nSPS) is 11.0. The summed E-state index contributed by atoms with van der Waals surface area (Å²) in [6.07, 6.45) is 7.03. The van der Waals surface area contributed by atoms with Gasteiger partial charge in [-0.1, -0.05) is 55.1 Å². The molecule has 0 fully saturated rings. The highest BCUT2D eigenvalue weighted by Gasteiger charge is 1.92. The predicted molar refractivity (Wildman–Crippen MR) is 64.4 cm³/mol. The van der Waals surface area contributed by atoms with Gasteiger partial charge in [0.1, 0.15) is 0 Å². The van der Waals surface area contributed by atoms with Crippen molar-refractivity contribution >= 4 is 11.9 Å². The fourth-order valence-corrected chi connectivity index (χ4v) is 1.02. The van der Waals surface area contributed by atoms with Crippen molar-refractivity contribution < 1.29 is 4.79 Å². The van der Waals surface area contributed by atoms with E-state index in [-0.39, 0.29) is 5.78 Å².